The topological polar surface area (TPSA) is 60.2 Å². The third-order valence-corrected chi connectivity index (χ3v) is 3.91. The Labute approximate surface area is 100 Å². The molecule has 17 heavy (non-hydrogen) atoms. The maximum atomic E-state index is 12.2. The molecule has 2 N–H and O–H groups in total. The number of primary amides is 1. The van der Waals surface area contributed by atoms with Crippen molar-refractivity contribution in [1.82, 2.24) is 0 Å². The first-order chi connectivity index (χ1) is 8.18. The average molecular weight is 244 g/mol. The SMILES string of the molecule is NC(=O)c1ccc([P+](=O)c2ccccc2)cc1. The van der Waals surface area contributed by atoms with Gasteiger partial charge < -0.3 is 5.73 Å². The van der Waals surface area contributed by atoms with E-state index in [1.165, 1.54) is 0 Å². The number of carbonyl (C=O) groups is 1. The van der Waals surface area contributed by atoms with Crippen molar-refractivity contribution >= 4 is 24.3 Å². The summed E-state index contributed by atoms with van der Waals surface area (Å²) >= 11 is 0. The van der Waals surface area contributed by atoms with Crippen molar-refractivity contribution in [3.63, 3.8) is 0 Å². The van der Waals surface area contributed by atoms with E-state index in [4.69, 9.17) is 5.73 Å². The Balaban J connectivity index is 2.30. The molecular formula is C13H11NO2P+. The van der Waals surface area contributed by atoms with Gasteiger partial charge >= 0.3 is 7.80 Å². The monoisotopic (exact) mass is 244 g/mol. The number of benzene rings is 2. The molecule has 0 bridgehead atoms. The Morgan fingerprint density at radius 1 is 0.882 bits per heavy atom. The normalized spacial score (nSPS) is 10.9. The molecule has 2 aromatic carbocycles. The highest BCUT2D eigenvalue weighted by Crippen LogP contribution is 2.19. The lowest BCUT2D eigenvalue weighted by molar-refractivity contribution is 0.100. The van der Waals surface area contributed by atoms with Gasteiger partial charge in [-0.05, 0) is 36.4 Å². The fourth-order valence-electron chi connectivity index (χ4n) is 1.47. The van der Waals surface area contributed by atoms with E-state index in [1.54, 1.807) is 24.3 Å². The molecule has 0 aliphatic rings. The molecule has 2 rings (SSSR count). The van der Waals surface area contributed by atoms with Gasteiger partial charge in [-0.25, -0.2) is 0 Å². The fourth-order valence-corrected chi connectivity index (χ4v) is 2.63. The van der Waals surface area contributed by atoms with Gasteiger partial charge in [-0.2, -0.15) is 0 Å². The summed E-state index contributed by atoms with van der Waals surface area (Å²) in [6.45, 7) is 0. The summed E-state index contributed by atoms with van der Waals surface area (Å²) in [7, 11) is -1.60. The summed E-state index contributed by atoms with van der Waals surface area (Å²) in [4.78, 5) is 10.9. The van der Waals surface area contributed by atoms with E-state index >= 15 is 0 Å². The number of rotatable bonds is 3. The Morgan fingerprint density at radius 2 is 1.41 bits per heavy atom. The highest BCUT2D eigenvalue weighted by atomic mass is 31.1. The van der Waals surface area contributed by atoms with Gasteiger partial charge in [-0.15, -0.1) is 0 Å². The molecule has 1 amide bonds. The Hall–Kier alpha value is -1.99. The Kier molecular flexibility index (Phi) is 3.31. The van der Waals surface area contributed by atoms with Gasteiger partial charge in [0.2, 0.25) is 5.91 Å². The van der Waals surface area contributed by atoms with Crippen molar-refractivity contribution in [2.24, 2.45) is 5.73 Å². The molecule has 0 aliphatic carbocycles. The molecule has 0 saturated heterocycles. The van der Waals surface area contributed by atoms with Crippen LogP contribution in [0.15, 0.2) is 54.6 Å². The molecule has 0 spiro atoms. The minimum Gasteiger partial charge on any atom is -0.366 e. The van der Waals surface area contributed by atoms with E-state index < -0.39 is 13.7 Å². The maximum absolute atomic E-state index is 12.2. The van der Waals surface area contributed by atoms with E-state index in [9.17, 15) is 9.36 Å². The third kappa shape index (κ3) is 2.58. The number of hydrogen-bond acceptors (Lipinski definition) is 2. The van der Waals surface area contributed by atoms with Crippen LogP contribution in [0.3, 0.4) is 0 Å². The van der Waals surface area contributed by atoms with Crippen LogP contribution in [0.2, 0.25) is 0 Å². The third-order valence-electron chi connectivity index (χ3n) is 2.38. The van der Waals surface area contributed by atoms with Crippen molar-refractivity contribution in [2.75, 3.05) is 0 Å². The molecule has 2 aromatic rings. The minimum absolute atomic E-state index is 0.421. The van der Waals surface area contributed by atoms with Crippen LogP contribution in [0.5, 0.6) is 0 Å². The molecule has 0 saturated carbocycles. The number of carbonyl (C=O) groups excluding carboxylic acids is 1. The van der Waals surface area contributed by atoms with Crippen molar-refractivity contribution in [1.29, 1.82) is 0 Å². The van der Waals surface area contributed by atoms with Crippen molar-refractivity contribution in [3.05, 3.63) is 60.2 Å². The van der Waals surface area contributed by atoms with Gasteiger partial charge in [0.15, 0.2) is 10.6 Å². The Bertz CT molecular complexity index is 549. The molecule has 1 unspecified atom stereocenters. The van der Waals surface area contributed by atoms with E-state index in [0.29, 0.717) is 10.9 Å². The standard InChI is InChI=1S/C13H10NO2P/c14-13(15)10-6-8-12(9-7-10)17(16)11-4-2-1-3-5-11/h1-9H,(H-,14,15)/p+1. The summed E-state index contributed by atoms with van der Waals surface area (Å²) in [5.74, 6) is -0.480. The second-order valence-corrected chi connectivity index (χ2v) is 5.16. The van der Waals surface area contributed by atoms with E-state index in [1.807, 2.05) is 30.3 Å². The summed E-state index contributed by atoms with van der Waals surface area (Å²) in [5.41, 5.74) is 5.56. The number of hydrogen-bond donors (Lipinski definition) is 1. The van der Waals surface area contributed by atoms with Crippen molar-refractivity contribution in [3.8, 4) is 0 Å². The van der Waals surface area contributed by atoms with Crippen LogP contribution in [0.1, 0.15) is 10.4 Å². The molecule has 4 heteroatoms. The molecule has 0 heterocycles. The maximum Gasteiger partial charge on any atom is 0.415 e. The molecule has 0 fully saturated rings. The molecule has 3 nitrogen and oxygen atoms in total. The van der Waals surface area contributed by atoms with Crippen molar-refractivity contribution < 1.29 is 9.36 Å². The number of nitrogens with two attached hydrogens (primary N) is 1. The summed E-state index contributed by atoms with van der Waals surface area (Å²) in [6, 6.07) is 15.7. The minimum atomic E-state index is -1.60. The largest absolute Gasteiger partial charge is 0.415 e. The quantitative estimate of drug-likeness (QED) is 0.833. The first-order valence-electron chi connectivity index (χ1n) is 5.10. The van der Waals surface area contributed by atoms with Crippen molar-refractivity contribution in [2.45, 2.75) is 0 Å². The molecular weight excluding hydrogens is 233 g/mol. The van der Waals surface area contributed by atoms with Crippen LogP contribution in [0, 0.1) is 0 Å². The zero-order chi connectivity index (χ0) is 12.3. The lowest BCUT2D eigenvalue weighted by Gasteiger charge is -1.93. The van der Waals surface area contributed by atoms with Crippen LogP contribution in [-0.4, -0.2) is 5.91 Å². The molecule has 0 aliphatic heterocycles. The second-order valence-electron chi connectivity index (χ2n) is 3.54. The lowest BCUT2D eigenvalue weighted by atomic mass is 10.2. The Morgan fingerprint density at radius 3 is 1.94 bits per heavy atom. The zero-order valence-corrected chi connectivity index (χ0v) is 9.93. The molecule has 84 valence electrons. The van der Waals surface area contributed by atoms with Gasteiger partial charge in [0.25, 0.3) is 0 Å². The molecule has 0 radical (unpaired) electrons. The lowest BCUT2D eigenvalue weighted by Crippen LogP contribution is -2.12. The smallest absolute Gasteiger partial charge is 0.366 e. The number of amides is 1. The molecule has 1 atom stereocenters. The predicted molar refractivity (Wildman–Crippen MR) is 68.3 cm³/mol. The van der Waals surface area contributed by atoms with Crippen LogP contribution in [0.4, 0.5) is 0 Å². The second kappa shape index (κ2) is 4.89. The zero-order valence-electron chi connectivity index (χ0n) is 9.04. The predicted octanol–water partition coefficient (Wildman–Crippen LogP) is 1.56. The van der Waals surface area contributed by atoms with Gasteiger partial charge in [0.05, 0.1) is 0 Å². The van der Waals surface area contributed by atoms with Crippen LogP contribution in [-0.2, 0) is 4.57 Å². The first kappa shape index (κ1) is 11.5. The van der Waals surface area contributed by atoms with Gasteiger partial charge in [0, 0.05) is 5.56 Å². The summed E-state index contributed by atoms with van der Waals surface area (Å²) in [5, 5.41) is 1.46. The highest BCUT2D eigenvalue weighted by molar-refractivity contribution is 7.61. The van der Waals surface area contributed by atoms with E-state index in [0.717, 1.165) is 5.30 Å². The van der Waals surface area contributed by atoms with Crippen LogP contribution < -0.4 is 16.3 Å². The van der Waals surface area contributed by atoms with Gasteiger partial charge in [0.1, 0.15) is 0 Å². The van der Waals surface area contributed by atoms with Crippen LogP contribution >= 0.6 is 7.80 Å². The fraction of sp³-hybridized carbons (Fsp3) is 0. The highest BCUT2D eigenvalue weighted by Gasteiger charge is 2.22. The average Bonchev–Trinajstić information content (AvgIpc) is 2.39. The van der Waals surface area contributed by atoms with Crippen LogP contribution in [0.25, 0.3) is 0 Å². The van der Waals surface area contributed by atoms with E-state index in [-0.39, 0.29) is 0 Å². The van der Waals surface area contributed by atoms with Gasteiger partial charge in [-0.3, -0.25) is 4.79 Å². The summed E-state index contributed by atoms with van der Waals surface area (Å²) < 4.78 is 12.2. The summed E-state index contributed by atoms with van der Waals surface area (Å²) in [6.07, 6.45) is 0. The van der Waals surface area contributed by atoms with Gasteiger partial charge in [-0.1, -0.05) is 22.8 Å². The first-order valence-corrected chi connectivity index (χ1v) is 6.36. The van der Waals surface area contributed by atoms with E-state index in [2.05, 4.69) is 0 Å². The molecule has 0 aromatic heterocycles.